The summed E-state index contributed by atoms with van der Waals surface area (Å²) < 4.78 is 5.27. The fraction of sp³-hybridized carbons (Fsp3) is 0.579. The van der Waals surface area contributed by atoms with Crippen LogP contribution in [-0.4, -0.2) is 48.5 Å². The van der Waals surface area contributed by atoms with Gasteiger partial charge in [0.15, 0.2) is 0 Å². The molecule has 0 aliphatic heterocycles. The van der Waals surface area contributed by atoms with Gasteiger partial charge in [-0.2, -0.15) is 0 Å². The standard InChI is InChI=1S/C19H30N2O3S/c1-19(2,3)24-18(23)21-16(12-14-25(4)5)17(22)20-13-11-15-9-7-6-8-10-15/h6-10,16H,11-14H2,1-5H3,(H-,20,21,22,23)/p+1/t16-/m1/s1. The highest BCUT2D eigenvalue weighted by Crippen LogP contribution is 2.08. The lowest BCUT2D eigenvalue weighted by Crippen LogP contribution is -2.49. The molecule has 0 spiro atoms. The van der Waals surface area contributed by atoms with E-state index >= 15 is 0 Å². The van der Waals surface area contributed by atoms with Crippen molar-refractivity contribution in [3.8, 4) is 0 Å². The Bertz CT molecular complexity index is 541. The number of benzene rings is 1. The number of amides is 2. The van der Waals surface area contributed by atoms with Crippen molar-refractivity contribution in [3.63, 3.8) is 0 Å². The van der Waals surface area contributed by atoms with Gasteiger partial charge >= 0.3 is 6.09 Å². The third kappa shape index (κ3) is 10.0. The number of ether oxygens (including phenoxy) is 1. The lowest BCUT2D eigenvalue weighted by atomic mass is 10.1. The van der Waals surface area contributed by atoms with Crippen LogP contribution in [0.4, 0.5) is 4.79 Å². The van der Waals surface area contributed by atoms with E-state index in [4.69, 9.17) is 4.74 Å². The Morgan fingerprint density at radius 1 is 1.16 bits per heavy atom. The Balaban J connectivity index is 2.54. The minimum absolute atomic E-state index is 0.160. The Labute approximate surface area is 154 Å². The maximum absolute atomic E-state index is 12.5. The van der Waals surface area contributed by atoms with Crippen molar-refractivity contribution in [1.82, 2.24) is 10.6 Å². The number of nitrogens with one attached hydrogen (secondary N) is 2. The van der Waals surface area contributed by atoms with Crippen LogP contribution in [0.5, 0.6) is 0 Å². The fourth-order valence-corrected chi connectivity index (χ4v) is 2.88. The van der Waals surface area contributed by atoms with Gasteiger partial charge in [0.1, 0.15) is 17.4 Å². The van der Waals surface area contributed by atoms with Gasteiger partial charge in [-0.15, -0.1) is 0 Å². The highest BCUT2D eigenvalue weighted by atomic mass is 32.2. The molecule has 0 aliphatic rings. The van der Waals surface area contributed by atoms with E-state index in [-0.39, 0.29) is 16.8 Å². The average Bonchev–Trinajstić information content (AvgIpc) is 2.50. The monoisotopic (exact) mass is 367 g/mol. The molecule has 1 aromatic rings. The SMILES string of the molecule is C[S+](C)CC[C@@H](NC(=O)OC(C)(C)C)C(=O)NCCc1ccccc1. The number of alkyl carbamates (subject to hydrolysis) is 1. The third-order valence-electron chi connectivity index (χ3n) is 3.38. The number of hydrogen-bond acceptors (Lipinski definition) is 3. The lowest BCUT2D eigenvalue weighted by molar-refractivity contribution is -0.123. The minimum atomic E-state index is -0.585. The number of carbonyl (C=O) groups excluding carboxylic acids is 2. The predicted octanol–water partition coefficient (Wildman–Crippen LogP) is 2.51. The van der Waals surface area contributed by atoms with Crippen LogP contribution in [0, 0.1) is 0 Å². The second-order valence-corrected chi connectivity index (χ2v) is 9.58. The molecular weight excluding hydrogens is 336 g/mol. The molecule has 25 heavy (non-hydrogen) atoms. The molecule has 0 radical (unpaired) electrons. The van der Waals surface area contributed by atoms with E-state index < -0.39 is 17.7 Å². The van der Waals surface area contributed by atoms with Gasteiger partial charge < -0.3 is 15.4 Å². The summed E-state index contributed by atoms with van der Waals surface area (Å²) in [5.41, 5.74) is 0.584. The second kappa shape index (κ2) is 10.3. The molecule has 0 aliphatic carbocycles. The molecule has 140 valence electrons. The van der Waals surface area contributed by atoms with Crippen molar-refractivity contribution in [2.24, 2.45) is 0 Å². The zero-order valence-corrected chi connectivity index (χ0v) is 16.7. The molecule has 2 N–H and O–H groups in total. The third-order valence-corrected chi connectivity index (χ3v) is 4.43. The highest BCUT2D eigenvalue weighted by molar-refractivity contribution is 7.95. The van der Waals surface area contributed by atoms with Crippen LogP contribution in [0.2, 0.25) is 0 Å². The molecule has 0 aromatic heterocycles. The molecular formula is C19H31N2O3S+. The highest BCUT2D eigenvalue weighted by Gasteiger charge is 2.25. The Kier molecular flexibility index (Phi) is 8.83. The van der Waals surface area contributed by atoms with Crippen LogP contribution in [0.25, 0.3) is 0 Å². The molecule has 6 heteroatoms. The van der Waals surface area contributed by atoms with Crippen molar-refractivity contribution in [1.29, 1.82) is 0 Å². The lowest BCUT2D eigenvalue weighted by Gasteiger charge is -2.23. The van der Waals surface area contributed by atoms with Crippen LogP contribution < -0.4 is 10.6 Å². The van der Waals surface area contributed by atoms with Gasteiger partial charge in [0.2, 0.25) is 5.91 Å². The molecule has 0 heterocycles. The Morgan fingerprint density at radius 3 is 2.36 bits per heavy atom. The summed E-state index contributed by atoms with van der Waals surface area (Å²) in [4.78, 5) is 24.5. The maximum atomic E-state index is 12.5. The van der Waals surface area contributed by atoms with Crippen LogP contribution in [0.3, 0.4) is 0 Å². The molecule has 0 unspecified atom stereocenters. The predicted molar refractivity (Wildman–Crippen MR) is 105 cm³/mol. The van der Waals surface area contributed by atoms with Crippen molar-refractivity contribution >= 4 is 22.9 Å². The van der Waals surface area contributed by atoms with Crippen LogP contribution in [0.15, 0.2) is 30.3 Å². The first-order valence-corrected chi connectivity index (χ1v) is 10.7. The van der Waals surface area contributed by atoms with E-state index in [1.165, 1.54) is 5.56 Å². The summed E-state index contributed by atoms with van der Waals surface area (Å²) >= 11 is 0. The number of carbonyl (C=O) groups is 2. The molecule has 5 nitrogen and oxygen atoms in total. The first kappa shape index (κ1) is 21.4. The zero-order valence-electron chi connectivity index (χ0n) is 15.9. The van der Waals surface area contributed by atoms with E-state index in [0.29, 0.717) is 13.0 Å². The van der Waals surface area contributed by atoms with Gasteiger partial charge in [-0.05, 0) is 43.7 Å². The molecule has 0 saturated carbocycles. The topological polar surface area (TPSA) is 67.4 Å². The molecule has 2 amide bonds. The zero-order chi connectivity index (χ0) is 18.9. The summed E-state index contributed by atoms with van der Waals surface area (Å²) in [5.74, 6) is 0.722. The van der Waals surface area contributed by atoms with Crippen molar-refractivity contribution in [3.05, 3.63) is 35.9 Å². The van der Waals surface area contributed by atoms with Gasteiger partial charge in [-0.25, -0.2) is 4.79 Å². The van der Waals surface area contributed by atoms with E-state index in [1.54, 1.807) is 20.8 Å². The van der Waals surface area contributed by atoms with E-state index in [0.717, 1.165) is 12.2 Å². The summed E-state index contributed by atoms with van der Waals surface area (Å²) in [7, 11) is 0.206. The molecule has 1 rings (SSSR count). The molecule has 0 bridgehead atoms. The van der Waals surface area contributed by atoms with E-state index in [1.807, 2.05) is 30.3 Å². The number of hydrogen-bond donors (Lipinski definition) is 2. The second-order valence-electron chi connectivity index (χ2n) is 7.20. The molecule has 0 fully saturated rings. The molecule has 0 saturated heterocycles. The first-order chi connectivity index (χ1) is 11.7. The fourth-order valence-electron chi connectivity index (χ4n) is 2.17. The summed E-state index contributed by atoms with van der Waals surface area (Å²) in [6, 6.07) is 9.42. The van der Waals surface area contributed by atoms with E-state index in [9.17, 15) is 9.59 Å². The van der Waals surface area contributed by atoms with Gasteiger partial charge in [0.05, 0.1) is 12.5 Å². The van der Waals surface area contributed by atoms with Gasteiger partial charge in [-0.3, -0.25) is 4.79 Å². The average molecular weight is 368 g/mol. The largest absolute Gasteiger partial charge is 0.444 e. The molecule has 1 aromatic carbocycles. The van der Waals surface area contributed by atoms with Gasteiger partial charge in [0, 0.05) is 13.0 Å². The van der Waals surface area contributed by atoms with Crippen molar-refractivity contribution in [2.75, 3.05) is 24.8 Å². The number of rotatable bonds is 8. The van der Waals surface area contributed by atoms with Crippen molar-refractivity contribution < 1.29 is 14.3 Å². The van der Waals surface area contributed by atoms with Crippen LogP contribution in [0.1, 0.15) is 32.8 Å². The summed E-state index contributed by atoms with van der Waals surface area (Å²) in [6.07, 6.45) is 5.06. The van der Waals surface area contributed by atoms with Gasteiger partial charge in [0.25, 0.3) is 0 Å². The first-order valence-electron chi connectivity index (χ1n) is 8.53. The van der Waals surface area contributed by atoms with Crippen LogP contribution in [-0.2, 0) is 26.8 Å². The van der Waals surface area contributed by atoms with E-state index in [2.05, 4.69) is 23.1 Å². The maximum Gasteiger partial charge on any atom is 0.408 e. The Morgan fingerprint density at radius 2 is 1.80 bits per heavy atom. The summed E-state index contributed by atoms with van der Waals surface area (Å²) in [6.45, 7) is 5.95. The van der Waals surface area contributed by atoms with Crippen LogP contribution >= 0.6 is 0 Å². The Hall–Kier alpha value is -1.69. The molecule has 1 atom stereocenters. The smallest absolute Gasteiger partial charge is 0.408 e. The summed E-state index contributed by atoms with van der Waals surface area (Å²) in [5, 5.41) is 5.63. The normalized spacial score (nSPS) is 12.6. The quantitative estimate of drug-likeness (QED) is 0.694. The van der Waals surface area contributed by atoms with Crippen molar-refractivity contribution in [2.45, 2.75) is 45.3 Å². The minimum Gasteiger partial charge on any atom is -0.444 e. The van der Waals surface area contributed by atoms with Gasteiger partial charge in [-0.1, -0.05) is 30.3 Å².